The number of nitrogens with one attached hydrogen (secondary N) is 1. The summed E-state index contributed by atoms with van der Waals surface area (Å²) < 4.78 is 2.69. The molecule has 10 nitrogen and oxygen atoms in total. The fourth-order valence-electron chi connectivity index (χ4n) is 1.99. The molecule has 0 aromatic carbocycles. The maximum atomic E-state index is 12.3. The molecule has 0 fully saturated rings. The summed E-state index contributed by atoms with van der Waals surface area (Å²) in [6.45, 7) is 1.91. The fraction of sp³-hybridized carbons (Fsp3) is 0.273. The van der Waals surface area contributed by atoms with E-state index in [1.54, 1.807) is 13.1 Å². The van der Waals surface area contributed by atoms with Crippen molar-refractivity contribution in [2.24, 2.45) is 12.9 Å². The first kappa shape index (κ1) is 13.1. The topological polar surface area (TPSA) is 129 Å². The zero-order chi connectivity index (χ0) is 15.0. The number of rotatable bonds is 3. The van der Waals surface area contributed by atoms with Crippen molar-refractivity contribution in [2.75, 3.05) is 5.43 Å². The Bertz CT molecular complexity index is 866. The number of hydrazine groups is 1. The second kappa shape index (κ2) is 4.90. The van der Waals surface area contributed by atoms with Crippen LogP contribution in [0.1, 0.15) is 11.5 Å². The average molecular weight is 287 g/mol. The van der Waals surface area contributed by atoms with Crippen molar-refractivity contribution in [3.63, 3.8) is 0 Å². The Kier molecular flexibility index (Phi) is 3.06. The lowest BCUT2D eigenvalue weighted by atomic mass is 10.4. The van der Waals surface area contributed by atoms with Gasteiger partial charge in [0.15, 0.2) is 11.5 Å². The fourth-order valence-corrected chi connectivity index (χ4v) is 1.99. The molecule has 10 heteroatoms. The van der Waals surface area contributed by atoms with Crippen molar-refractivity contribution in [1.29, 1.82) is 0 Å². The van der Waals surface area contributed by atoms with Gasteiger partial charge in [0.2, 0.25) is 0 Å². The first-order valence-corrected chi connectivity index (χ1v) is 6.15. The second-order valence-corrected chi connectivity index (χ2v) is 4.51. The van der Waals surface area contributed by atoms with Crippen LogP contribution in [0.5, 0.6) is 0 Å². The zero-order valence-corrected chi connectivity index (χ0v) is 11.5. The Morgan fingerprint density at radius 1 is 1.38 bits per heavy atom. The van der Waals surface area contributed by atoms with Crippen LogP contribution in [0.25, 0.3) is 11.0 Å². The van der Waals surface area contributed by atoms with Crippen LogP contribution < -0.4 is 16.8 Å². The molecule has 0 unspecified atom stereocenters. The van der Waals surface area contributed by atoms with Gasteiger partial charge in [0, 0.05) is 18.8 Å². The van der Waals surface area contributed by atoms with Crippen molar-refractivity contribution in [1.82, 2.24) is 34.7 Å². The molecule has 21 heavy (non-hydrogen) atoms. The van der Waals surface area contributed by atoms with Gasteiger partial charge >= 0.3 is 0 Å². The number of hydrogen-bond acceptors (Lipinski definition) is 8. The van der Waals surface area contributed by atoms with Crippen LogP contribution in [0, 0.1) is 6.92 Å². The number of nitrogen functional groups attached to an aromatic ring is 1. The molecule has 3 N–H and O–H groups in total. The highest BCUT2D eigenvalue weighted by Crippen LogP contribution is 2.06. The summed E-state index contributed by atoms with van der Waals surface area (Å²) in [5.74, 6) is 6.23. The lowest BCUT2D eigenvalue weighted by Crippen LogP contribution is -2.26. The third-order valence-electron chi connectivity index (χ3n) is 2.96. The predicted octanol–water partition coefficient (Wildman–Crippen LogP) is -1.04. The summed E-state index contributed by atoms with van der Waals surface area (Å²) in [6, 6.07) is 1.70. The van der Waals surface area contributed by atoms with Crippen molar-refractivity contribution in [3.8, 4) is 0 Å². The molecule has 0 amide bonds. The lowest BCUT2D eigenvalue weighted by molar-refractivity contribution is 0.576. The van der Waals surface area contributed by atoms with Gasteiger partial charge in [0.25, 0.3) is 5.56 Å². The summed E-state index contributed by atoms with van der Waals surface area (Å²) in [7, 11) is 1.70. The lowest BCUT2D eigenvalue weighted by Gasteiger charge is -2.06. The number of nitrogens with zero attached hydrogens (tertiary/aromatic N) is 7. The molecule has 3 heterocycles. The molecule has 0 aliphatic heterocycles. The van der Waals surface area contributed by atoms with E-state index in [4.69, 9.17) is 5.84 Å². The van der Waals surface area contributed by atoms with Crippen LogP contribution >= 0.6 is 0 Å². The molecule has 0 saturated heterocycles. The van der Waals surface area contributed by atoms with E-state index >= 15 is 0 Å². The van der Waals surface area contributed by atoms with Crippen LogP contribution in [-0.4, -0.2) is 34.7 Å². The highest BCUT2D eigenvalue weighted by atomic mass is 16.1. The van der Waals surface area contributed by atoms with E-state index in [0.717, 1.165) is 5.69 Å². The van der Waals surface area contributed by atoms with Gasteiger partial charge in [-0.05, 0) is 6.92 Å². The molecule has 0 bridgehead atoms. The normalized spacial score (nSPS) is 11.0. The molecule has 0 aliphatic rings. The summed E-state index contributed by atoms with van der Waals surface area (Å²) in [4.78, 5) is 20.7. The molecular formula is C11H13N9O. The minimum absolute atomic E-state index is 0.104. The molecule has 0 spiro atoms. The van der Waals surface area contributed by atoms with Gasteiger partial charge in [-0.25, -0.2) is 25.2 Å². The zero-order valence-electron chi connectivity index (χ0n) is 11.5. The highest BCUT2D eigenvalue weighted by molar-refractivity contribution is 5.72. The largest absolute Gasteiger partial charge is 0.308 e. The van der Waals surface area contributed by atoms with E-state index in [9.17, 15) is 4.79 Å². The SMILES string of the molecule is Cc1cc(NN)nc(Cn2nnc3c(cnn3C)c2=O)n1. The Morgan fingerprint density at radius 3 is 2.95 bits per heavy atom. The van der Waals surface area contributed by atoms with E-state index in [0.29, 0.717) is 22.7 Å². The van der Waals surface area contributed by atoms with E-state index in [-0.39, 0.29) is 12.1 Å². The van der Waals surface area contributed by atoms with Crippen LogP contribution in [0.3, 0.4) is 0 Å². The Balaban J connectivity index is 2.04. The van der Waals surface area contributed by atoms with Gasteiger partial charge in [-0.1, -0.05) is 5.21 Å². The monoisotopic (exact) mass is 287 g/mol. The minimum atomic E-state index is -0.291. The van der Waals surface area contributed by atoms with Gasteiger partial charge in [0.1, 0.15) is 17.7 Å². The van der Waals surface area contributed by atoms with Crippen LogP contribution in [0.15, 0.2) is 17.1 Å². The Hall–Kier alpha value is -2.88. The molecule has 3 aromatic rings. The van der Waals surface area contributed by atoms with Gasteiger partial charge in [0.05, 0.1) is 6.20 Å². The van der Waals surface area contributed by atoms with Gasteiger partial charge < -0.3 is 5.43 Å². The predicted molar refractivity (Wildman–Crippen MR) is 74.2 cm³/mol. The van der Waals surface area contributed by atoms with Gasteiger partial charge in [-0.3, -0.25) is 4.79 Å². The van der Waals surface area contributed by atoms with Crippen LogP contribution in [0.2, 0.25) is 0 Å². The third-order valence-corrected chi connectivity index (χ3v) is 2.96. The molecule has 0 aliphatic carbocycles. The third kappa shape index (κ3) is 2.31. The van der Waals surface area contributed by atoms with Gasteiger partial charge in [-0.2, -0.15) is 5.10 Å². The summed E-state index contributed by atoms with van der Waals surface area (Å²) in [6.07, 6.45) is 1.47. The molecule has 3 aromatic heterocycles. The van der Waals surface area contributed by atoms with Crippen molar-refractivity contribution < 1.29 is 0 Å². The van der Waals surface area contributed by atoms with Crippen molar-refractivity contribution >= 4 is 16.9 Å². The van der Waals surface area contributed by atoms with E-state index in [1.807, 2.05) is 6.92 Å². The quantitative estimate of drug-likeness (QED) is 0.461. The summed E-state index contributed by atoms with van der Waals surface area (Å²) in [5.41, 5.74) is 3.33. The van der Waals surface area contributed by atoms with Crippen molar-refractivity contribution in [3.05, 3.63) is 34.1 Å². The Morgan fingerprint density at radius 2 is 2.19 bits per heavy atom. The number of hydrogen-bond donors (Lipinski definition) is 2. The summed E-state index contributed by atoms with van der Waals surface area (Å²) in [5, 5.41) is 12.3. The highest BCUT2D eigenvalue weighted by Gasteiger charge is 2.11. The van der Waals surface area contributed by atoms with E-state index in [1.165, 1.54) is 15.6 Å². The molecule has 0 saturated carbocycles. The molecule has 0 radical (unpaired) electrons. The van der Waals surface area contributed by atoms with E-state index in [2.05, 4.69) is 30.8 Å². The molecule has 108 valence electrons. The summed E-state index contributed by atoms with van der Waals surface area (Å²) >= 11 is 0. The molecule has 0 atom stereocenters. The second-order valence-electron chi connectivity index (χ2n) is 4.51. The number of aryl methyl sites for hydroxylation is 2. The molecule has 3 rings (SSSR count). The number of fused-ring (bicyclic) bond motifs is 1. The van der Waals surface area contributed by atoms with Crippen LogP contribution in [0.4, 0.5) is 5.82 Å². The maximum absolute atomic E-state index is 12.3. The number of nitrogens with two attached hydrogens (primary N) is 1. The first-order valence-electron chi connectivity index (χ1n) is 6.15. The molecular weight excluding hydrogens is 274 g/mol. The van der Waals surface area contributed by atoms with Crippen LogP contribution in [-0.2, 0) is 13.6 Å². The Labute approximate surface area is 118 Å². The number of anilines is 1. The smallest absolute Gasteiger partial charge is 0.281 e. The number of aromatic nitrogens is 7. The van der Waals surface area contributed by atoms with Crippen molar-refractivity contribution in [2.45, 2.75) is 13.5 Å². The average Bonchev–Trinajstić information content (AvgIpc) is 2.83. The van der Waals surface area contributed by atoms with E-state index < -0.39 is 0 Å². The van der Waals surface area contributed by atoms with Gasteiger partial charge in [-0.15, -0.1) is 5.10 Å². The maximum Gasteiger partial charge on any atom is 0.281 e. The minimum Gasteiger partial charge on any atom is -0.308 e. The standard InChI is InChI=1S/C11H13N9O/c1-6-3-8(16-12)15-9(14-6)5-20-11(21)7-4-13-19(2)10(7)17-18-20/h3-4H,5,12H2,1-2H3,(H,14,15,16). The first-order chi connectivity index (χ1) is 10.1.